The Kier molecular flexibility index (Phi) is 3.64. The average molecular weight is 281 g/mol. The lowest BCUT2D eigenvalue weighted by Gasteiger charge is -2.10. The molecule has 2 N–H and O–H groups in total. The molecule has 0 bridgehead atoms. The van der Waals surface area contributed by atoms with Crippen molar-refractivity contribution in [1.82, 2.24) is 4.98 Å². The van der Waals surface area contributed by atoms with E-state index in [1.807, 2.05) is 54.3 Å². The molecule has 0 atom stereocenters. The van der Waals surface area contributed by atoms with E-state index in [0.29, 0.717) is 12.3 Å². The Balaban J connectivity index is 1.87. The van der Waals surface area contributed by atoms with E-state index in [2.05, 4.69) is 10.1 Å². The molecule has 0 unspecified atom stereocenters. The average Bonchev–Trinajstić information content (AvgIpc) is 2.93. The van der Waals surface area contributed by atoms with Crippen molar-refractivity contribution in [2.75, 3.05) is 12.8 Å². The molecule has 2 heterocycles. The molecule has 106 valence electrons. The molecule has 0 fully saturated rings. The van der Waals surface area contributed by atoms with E-state index < -0.39 is 0 Å². The van der Waals surface area contributed by atoms with Gasteiger partial charge in [-0.2, -0.15) is 0 Å². The molecule has 0 saturated heterocycles. The standard InChI is InChI=1S/C16H17N4O/c1-20-15(7-9-19-20)14-10-12(17)5-6-16(14)21-11-13-4-2-3-8-18-13/h2-6,8-10H,7,11,17H2,1H3/q+1. The van der Waals surface area contributed by atoms with Crippen molar-refractivity contribution in [3.8, 4) is 5.75 Å². The molecule has 21 heavy (non-hydrogen) atoms. The van der Waals surface area contributed by atoms with Crippen LogP contribution in [0.25, 0.3) is 0 Å². The minimum absolute atomic E-state index is 0.426. The fourth-order valence-electron chi connectivity index (χ4n) is 2.27. The second-order valence-electron chi connectivity index (χ2n) is 4.84. The second-order valence-corrected chi connectivity index (χ2v) is 4.84. The summed E-state index contributed by atoms with van der Waals surface area (Å²) in [6.07, 6.45) is 4.41. The molecule has 1 aromatic heterocycles. The van der Waals surface area contributed by atoms with Crippen molar-refractivity contribution in [1.29, 1.82) is 0 Å². The Bertz CT molecular complexity index is 707. The molecule has 1 aromatic carbocycles. The van der Waals surface area contributed by atoms with Crippen LogP contribution in [0.1, 0.15) is 17.7 Å². The maximum Gasteiger partial charge on any atom is 0.224 e. The number of benzene rings is 1. The van der Waals surface area contributed by atoms with Crippen LogP contribution in [0, 0.1) is 0 Å². The summed E-state index contributed by atoms with van der Waals surface area (Å²) < 4.78 is 7.77. The van der Waals surface area contributed by atoms with Crippen molar-refractivity contribution in [3.05, 3.63) is 53.9 Å². The lowest BCUT2D eigenvalue weighted by molar-refractivity contribution is -0.498. The number of nitrogens with two attached hydrogens (primary N) is 1. The van der Waals surface area contributed by atoms with Gasteiger partial charge in [0, 0.05) is 11.9 Å². The van der Waals surface area contributed by atoms with Crippen LogP contribution >= 0.6 is 0 Å². The highest BCUT2D eigenvalue weighted by atomic mass is 16.5. The molecule has 0 spiro atoms. The third kappa shape index (κ3) is 2.91. The fourth-order valence-corrected chi connectivity index (χ4v) is 2.27. The minimum Gasteiger partial charge on any atom is -0.486 e. The highest BCUT2D eigenvalue weighted by Crippen LogP contribution is 2.25. The molecule has 0 aliphatic carbocycles. The number of nitrogens with zero attached hydrogens (tertiary/aromatic N) is 3. The third-order valence-corrected chi connectivity index (χ3v) is 3.35. The Labute approximate surface area is 123 Å². The maximum absolute atomic E-state index is 5.92. The number of hydrogen-bond acceptors (Lipinski definition) is 4. The van der Waals surface area contributed by atoms with Gasteiger partial charge in [0.15, 0.2) is 7.05 Å². The number of hydrogen-bond donors (Lipinski definition) is 1. The van der Waals surface area contributed by atoms with Crippen LogP contribution in [0.3, 0.4) is 0 Å². The molecule has 3 rings (SSSR count). The molecule has 2 aromatic rings. The van der Waals surface area contributed by atoms with E-state index in [-0.39, 0.29) is 0 Å². The van der Waals surface area contributed by atoms with E-state index in [1.165, 1.54) is 0 Å². The molecule has 0 radical (unpaired) electrons. The lowest BCUT2D eigenvalue weighted by atomic mass is 10.1. The van der Waals surface area contributed by atoms with Crippen LogP contribution in [0.5, 0.6) is 5.75 Å². The summed E-state index contributed by atoms with van der Waals surface area (Å²) in [7, 11) is 1.92. The summed E-state index contributed by atoms with van der Waals surface area (Å²) in [4.78, 5) is 4.26. The Morgan fingerprint density at radius 3 is 2.90 bits per heavy atom. The van der Waals surface area contributed by atoms with Gasteiger partial charge in [0.05, 0.1) is 23.9 Å². The van der Waals surface area contributed by atoms with Crippen LogP contribution in [0.15, 0.2) is 47.7 Å². The van der Waals surface area contributed by atoms with Crippen molar-refractivity contribution in [3.63, 3.8) is 0 Å². The molecule has 5 nitrogen and oxygen atoms in total. The normalized spacial score (nSPS) is 13.8. The second kappa shape index (κ2) is 5.75. The number of aromatic nitrogens is 1. The number of hydrazone groups is 1. The van der Waals surface area contributed by atoms with E-state index in [9.17, 15) is 0 Å². The van der Waals surface area contributed by atoms with Crippen LogP contribution < -0.4 is 10.5 Å². The van der Waals surface area contributed by atoms with Gasteiger partial charge in [-0.25, -0.2) is 0 Å². The molecule has 0 saturated carbocycles. The number of pyridine rings is 1. The number of rotatable bonds is 4. The van der Waals surface area contributed by atoms with Crippen molar-refractivity contribution >= 4 is 17.6 Å². The predicted octanol–water partition coefficient (Wildman–Crippen LogP) is 2.06. The van der Waals surface area contributed by atoms with Gasteiger partial charge in [0.2, 0.25) is 5.71 Å². The van der Waals surface area contributed by atoms with Crippen molar-refractivity contribution < 1.29 is 9.42 Å². The van der Waals surface area contributed by atoms with Crippen LogP contribution in [0.4, 0.5) is 5.69 Å². The first kappa shape index (κ1) is 13.3. The van der Waals surface area contributed by atoms with Gasteiger partial charge in [-0.05, 0) is 35.4 Å². The molecule has 0 amide bonds. The van der Waals surface area contributed by atoms with Gasteiger partial charge in [0.25, 0.3) is 0 Å². The SMILES string of the molecule is C[N+]1=C(c2cc(N)ccc2OCc2ccccn2)CC=N1. The highest BCUT2D eigenvalue weighted by Gasteiger charge is 2.22. The first-order valence-corrected chi connectivity index (χ1v) is 6.78. The first-order valence-electron chi connectivity index (χ1n) is 6.78. The van der Waals surface area contributed by atoms with Gasteiger partial charge in [0.1, 0.15) is 12.4 Å². The fraction of sp³-hybridized carbons (Fsp3) is 0.188. The van der Waals surface area contributed by atoms with E-state index in [0.717, 1.165) is 29.1 Å². The minimum atomic E-state index is 0.426. The quantitative estimate of drug-likeness (QED) is 0.689. The van der Waals surface area contributed by atoms with Gasteiger partial charge >= 0.3 is 0 Å². The molecule has 1 aliphatic heterocycles. The Hall–Kier alpha value is -2.69. The van der Waals surface area contributed by atoms with Gasteiger partial charge in [-0.15, -0.1) is 0 Å². The molecule has 5 heteroatoms. The summed E-state index contributed by atoms with van der Waals surface area (Å²) in [5, 5.41) is 4.25. The molecule has 1 aliphatic rings. The van der Waals surface area contributed by atoms with Crippen molar-refractivity contribution in [2.24, 2.45) is 5.10 Å². The van der Waals surface area contributed by atoms with Crippen molar-refractivity contribution in [2.45, 2.75) is 13.0 Å². The number of ether oxygens (including phenoxy) is 1. The van der Waals surface area contributed by atoms with Gasteiger partial charge in [-0.3, -0.25) is 4.98 Å². The van der Waals surface area contributed by atoms with Crippen LogP contribution in [-0.4, -0.2) is 28.6 Å². The van der Waals surface area contributed by atoms with Crippen LogP contribution in [-0.2, 0) is 6.61 Å². The zero-order chi connectivity index (χ0) is 14.7. The highest BCUT2D eigenvalue weighted by molar-refractivity contribution is 6.07. The van der Waals surface area contributed by atoms with Gasteiger partial charge < -0.3 is 10.5 Å². The van der Waals surface area contributed by atoms with Crippen LogP contribution in [0.2, 0.25) is 0 Å². The summed E-state index contributed by atoms with van der Waals surface area (Å²) in [6, 6.07) is 11.4. The zero-order valence-electron chi connectivity index (χ0n) is 11.9. The number of nitrogen functional groups attached to an aromatic ring is 1. The lowest BCUT2D eigenvalue weighted by Crippen LogP contribution is -2.12. The number of anilines is 1. The summed E-state index contributed by atoms with van der Waals surface area (Å²) in [5.41, 5.74) is 9.57. The summed E-state index contributed by atoms with van der Waals surface area (Å²) in [6.45, 7) is 0.426. The van der Waals surface area contributed by atoms with E-state index >= 15 is 0 Å². The summed E-state index contributed by atoms with van der Waals surface area (Å²) in [5.74, 6) is 0.794. The molecular weight excluding hydrogens is 264 g/mol. The predicted molar refractivity (Wildman–Crippen MR) is 82.8 cm³/mol. The third-order valence-electron chi connectivity index (χ3n) is 3.35. The smallest absolute Gasteiger partial charge is 0.224 e. The monoisotopic (exact) mass is 281 g/mol. The summed E-state index contributed by atoms with van der Waals surface area (Å²) >= 11 is 0. The van der Waals surface area contributed by atoms with E-state index in [1.54, 1.807) is 6.20 Å². The zero-order valence-corrected chi connectivity index (χ0v) is 11.9. The largest absolute Gasteiger partial charge is 0.486 e. The Morgan fingerprint density at radius 1 is 1.29 bits per heavy atom. The first-order chi connectivity index (χ1) is 10.2. The topological polar surface area (TPSA) is 63.5 Å². The Morgan fingerprint density at radius 2 is 2.19 bits per heavy atom. The van der Waals surface area contributed by atoms with Gasteiger partial charge in [-0.1, -0.05) is 10.8 Å². The van der Waals surface area contributed by atoms with E-state index in [4.69, 9.17) is 10.5 Å². The maximum atomic E-state index is 5.92. The molecular formula is C16H17N4O+.